The number of likely N-dealkylation sites (N-methyl/N-ethyl adjacent to an activating group) is 1. The van der Waals surface area contributed by atoms with Gasteiger partial charge >= 0.3 is 0 Å². The summed E-state index contributed by atoms with van der Waals surface area (Å²) in [6, 6.07) is 0. The van der Waals surface area contributed by atoms with Crippen LogP contribution < -0.4 is 10.1 Å². The topological polar surface area (TPSA) is 76.6 Å². The van der Waals surface area contributed by atoms with E-state index in [0.29, 0.717) is 24.8 Å². The van der Waals surface area contributed by atoms with Crippen LogP contribution in [0.3, 0.4) is 0 Å². The quantitative estimate of drug-likeness (QED) is 0.784. The van der Waals surface area contributed by atoms with E-state index in [0.717, 1.165) is 0 Å². The van der Waals surface area contributed by atoms with Crippen molar-refractivity contribution in [3.63, 3.8) is 0 Å². The number of nitrogens with zero attached hydrogens (tertiary/aromatic N) is 3. The SMILES string of the molecule is CNc1ncc(C(=O)N(C)CCOC)nc1OC. The predicted molar refractivity (Wildman–Crippen MR) is 67.0 cm³/mol. The van der Waals surface area contributed by atoms with Gasteiger partial charge in [0.25, 0.3) is 11.8 Å². The Kier molecular flexibility index (Phi) is 5.31. The molecule has 0 aliphatic heterocycles. The number of amides is 1. The van der Waals surface area contributed by atoms with Crippen molar-refractivity contribution in [2.24, 2.45) is 0 Å². The summed E-state index contributed by atoms with van der Waals surface area (Å²) >= 11 is 0. The average molecular weight is 254 g/mol. The Morgan fingerprint density at radius 1 is 1.50 bits per heavy atom. The first-order valence-corrected chi connectivity index (χ1v) is 5.47. The summed E-state index contributed by atoms with van der Waals surface area (Å²) in [6.07, 6.45) is 1.42. The van der Waals surface area contributed by atoms with Gasteiger partial charge in [0.05, 0.1) is 19.9 Å². The molecule has 0 aromatic carbocycles. The van der Waals surface area contributed by atoms with E-state index >= 15 is 0 Å². The van der Waals surface area contributed by atoms with E-state index < -0.39 is 0 Å². The second-order valence-electron chi connectivity index (χ2n) is 3.58. The van der Waals surface area contributed by atoms with Crippen molar-refractivity contribution in [1.29, 1.82) is 0 Å². The van der Waals surface area contributed by atoms with E-state index in [1.54, 1.807) is 21.2 Å². The third kappa shape index (κ3) is 3.30. The van der Waals surface area contributed by atoms with E-state index in [9.17, 15) is 4.79 Å². The van der Waals surface area contributed by atoms with Crippen LogP contribution in [0.4, 0.5) is 5.82 Å². The Labute approximate surface area is 106 Å². The fourth-order valence-electron chi connectivity index (χ4n) is 1.31. The molecule has 0 bridgehead atoms. The van der Waals surface area contributed by atoms with Gasteiger partial charge in [0.2, 0.25) is 0 Å². The molecule has 0 saturated carbocycles. The second kappa shape index (κ2) is 6.75. The van der Waals surface area contributed by atoms with E-state index in [1.807, 2.05) is 0 Å². The summed E-state index contributed by atoms with van der Waals surface area (Å²) < 4.78 is 9.97. The molecule has 0 fully saturated rings. The molecular formula is C11H18N4O3. The summed E-state index contributed by atoms with van der Waals surface area (Å²) in [5.74, 6) is 0.567. The molecule has 0 aliphatic carbocycles. The number of anilines is 1. The van der Waals surface area contributed by atoms with Crippen LogP contribution >= 0.6 is 0 Å². The van der Waals surface area contributed by atoms with Gasteiger partial charge in [0.1, 0.15) is 0 Å². The number of methoxy groups -OCH3 is 2. The first kappa shape index (κ1) is 14.2. The van der Waals surface area contributed by atoms with E-state index in [-0.39, 0.29) is 11.6 Å². The first-order chi connectivity index (χ1) is 8.63. The molecular weight excluding hydrogens is 236 g/mol. The average Bonchev–Trinajstić information content (AvgIpc) is 2.42. The summed E-state index contributed by atoms with van der Waals surface area (Å²) in [7, 11) is 6.46. The highest BCUT2D eigenvalue weighted by Crippen LogP contribution is 2.18. The molecule has 100 valence electrons. The lowest BCUT2D eigenvalue weighted by Gasteiger charge is -2.16. The number of carbonyl (C=O) groups excluding carboxylic acids is 1. The maximum absolute atomic E-state index is 12.0. The van der Waals surface area contributed by atoms with Crippen LogP contribution in [-0.4, -0.2) is 62.2 Å². The van der Waals surface area contributed by atoms with Crippen molar-refractivity contribution >= 4 is 11.7 Å². The standard InChI is InChI=1S/C11H18N4O3/c1-12-9-10(18-4)14-8(7-13-9)11(16)15(2)5-6-17-3/h7H,5-6H2,1-4H3,(H,12,13). The third-order valence-electron chi connectivity index (χ3n) is 2.37. The van der Waals surface area contributed by atoms with Crippen molar-refractivity contribution in [3.05, 3.63) is 11.9 Å². The summed E-state index contributed by atoms with van der Waals surface area (Å²) in [6.45, 7) is 0.967. The van der Waals surface area contributed by atoms with Gasteiger partial charge in [-0.05, 0) is 0 Å². The van der Waals surface area contributed by atoms with Gasteiger partial charge in [0, 0.05) is 27.7 Å². The highest BCUT2D eigenvalue weighted by atomic mass is 16.5. The lowest BCUT2D eigenvalue weighted by atomic mass is 10.4. The Morgan fingerprint density at radius 2 is 2.22 bits per heavy atom. The van der Waals surface area contributed by atoms with Crippen LogP contribution in [-0.2, 0) is 4.74 Å². The zero-order chi connectivity index (χ0) is 13.5. The van der Waals surface area contributed by atoms with Gasteiger partial charge < -0.3 is 19.7 Å². The van der Waals surface area contributed by atoms with Gasteiger partial charge in [-0.25, -0.2) is 9.97 Å². The van der Waals surface area contributed by atoms with Crippen molar-refractivity contribution in [1.82, 2.24) is 14.9 Å². The molecule has 1 N–H and O–H groups in total. The molecule has 0 unspecified atom stereocenters. The minimum Gasteiger partial charge on any atom is -0.478 e. The van der Waals surface area contributed by atoms with Crippen LogP contribution in [0.15, 0.2) is 6.20 Å². The molecule has 7 nitrogen and oxygen atoms in total. The summed E-state index contributed by atoms with van der Waals surface area (Å²) in [5, 5.41) is 2.83. The Morgan fingerprint density at radius 3 is 2.78 bits per heavy atom. The number of nitrogens with one attached hydrogen (secondary N) is 1. The number of rotatable bonds is 6. The highest BCUT2D eigenvalue weighted by Gasteiger charge is 2.16. The molecule has 1 amide bonds. The van der Waals surface area contributed by atoms with Crippen LogP contribution in [0.1, 0.15) is 10.5 Å². The van der Waals surface area contributed by atoms with Crippen LogP contribution in [0.2, 0.25) is 0 Å². The Balaban J connectivity index is 2.86. The van der Waals surface area contributed by atoms with Gasteiger partial charge in [-0.2, -0.15) is 0 Å². The van der Waals surface area contributed by atoms with Gasteiger partial charge in [0.15, 0.2) is 11.5 Å². The van der Waals surface area contributed by atoms with Crippen molar-refractivity contribution < 1.29 is 14.3 Å². The molecule has 0 spiro atoms. The molecule has 1 rings (SSSR count). The Hall–Kier alpha value is -1.89. The van der Waals surface area contributed by atoms with Gasteiger partial charge in [-0.1, -0.05) is 0 Å². The lowest BCUT2D eigenvalue weighted by molar-refractivity contribution is 0.0737. The first-order valence-electron chi connectivity index (χ1n) is 5.47. The molecule has 1 aromatic heterocycles. The minimum absolute atomic E-state index is 0.222. The maximum Gasteiger partial charge on any atom is 0.274 e. The van der Waals surface area contributed by atoms with Gasteiger partial charge in [-0.3, -0.25) is 4.79 Å². The summed E-state index contributed by atoms with van der Waals surface area (Å²) in [4.78, 5) is 21.7. The van der Waals surface area contributed by atoms with Crippen LogP contribution in [0.5, 0.6) is 5.88 Å². The largest absolute Gasteiger partial charge is 0.478 e. The van der Waals surface area contributed by atoms with E-state index in [4.69, 9.17) is 9.47 Å². The fourth-order valence-corrected chi connectivity index (χ4v) is 1.31. The normalized spacial score (nSPS) is 10.0. The third-order valence-corrected chi connectivity index (χ3v) is 2.37. The maximum atomic E-state index is 12.0. The van der Waals surface area contributed by atoms with Crippen molar-refractivity contribution in [2.45, 2.75) is 0 Å². The molecule has 0 atom stereocenters. The van der Waals surface area contributed by atoms with Crippen LogP contribution in [0, 0.1) is 0 Å². The minimum atomic E-state index is -0.222. The second-order valence-corrected chi connectivity index (χ2v) is 3.58. The number of hydrogen-bond donors (Lipinski definition) is 1. The monoisotopic (exact) mass is 254 g/mol. The molecule has 1 aromatic rings. The van der Waals surface area contributed by atoms with Crippen molar-refractivity contribution in [3.8, 4) is 5.88 Å². The smallest absolute Gasteiger partial charge is 0.274 e. The van der Waals surface area contributed by atoms with Gasteiger partial charge in [-0.15, -0.1) is 0 Å². The van der Waals surface area contributed by atoms with E-state index in [1.165, 1.54) is 18.2 Å². The number of hydrogen-bond acceptors (Lipinski definition) is 6. The zero-order valence-electron chi connectivity index (χ0n) is 11.1. The molecule has 18 heavy (non-hydrogen) atoms. The highest BCUT2D eigenvalue weighted by molar-refractivity contribution is 5.92. The molecule has 0 aliphatic rings. The molecule has 7 heteroatoms. The van der Waals surface area contributed by atoms with Crippen molar-refractivity contribution in [2.75, 3.05) is 46.8 Å². The van der Waals surface area contributed by atoms with E-state index in [2.05, 4.69) is 15.3 Å². The summed E-state index contributed by atoms with van der Waals surface area (Å²) in [5.41, 5.74) is 0.240. The predicted octanol–water partition coefficient (Wildman–Crippen LogP) is 0.245. The zero-order valence-corrected chi connectivity index (χ0v) is 11.1. The molecule has 0 saturated heterocycles. The number of carbonyl (C=O) groups is 1. The molecule has 1 heterocycles. The fraction of sp³-hybridized carbons (Fsp3) is 0.545. The Bertz CT molecular complexity index is 411. The number of aromatic nitrogens is 2. The number of ether oxygens (including phenoxy) is 2. The lowest BCUT2D eigenvalue weighted by Crippen LogP contribution is -2.30. The van der Waals surface area contributed by atoms with Crippen LogP contribution in [0.25, 0.3) is 0 Å². The molecule has 0 radical (unpaired) electrons.